The molecule has 1 saturated carbocycles. The standard InChI is InChI=1S/C18H30N2O/c1-4-13-21-16-7-5-14(6-8-16)17(20-19)15-9-11-18(2,3)12-10-15/h5-8,15,17,20H,4,9-13,19H2,1-3H3. The molecule has 0 aromatic heterocycles. The zero-order chi connectivity index (χ0) is 15.3. The molecule has 1 unspecified atom stereocenters. The van der Waals surface area contributed by atoms with Crippen molar-refractivity contribution in [3.8, 4) is 5.75 Å². The van der Waals surface area contributed by atoms with Crippen molar-refractivity contribution in [3.63, 3.8) is 0 Å². The number of rotatable bonds is 6. The molecule has 1 aliphatic carbocycles. The van der Waals surface area contributed by atoms with Gasteiger partial charge in [-0.3, -0.25) is 11.3 Å². The predicted molar refractivity (Wildman–Crippen MR) is 88.0 cm³/mol. The zero-order valence-corrected chi connectivity index (χ0v) is 13.7. The van der Waals surface area contributed by atoms with Crippen molar-refractivity contribution in [1.82, 2.24) is 5.43 Å². The maximum absolute atomic E-state index is 5.84. The van der Waals surface area contributed by atoms with Crippen molar-refractivity contribution >= 4 is 0 Å². The number of nitrogens with two attached hydrogens (primary N) is 1. The first-order chi connectivity index (χ1) is 10.1. The minimum absolute atomic E-state index is 0.251. The first-order valence-corrected chi connectivity index (χ1v) is 8.24. The first kappa shape index (κ1) is 16.3. The zero-order valence-electron chi connectivity index (χ0n) is 13.7. The van der Waals surface area contributed by atoms with Gasteiger partial charge in [0.1, 0.15) is 5.75 Å². The summed E-state index contributed by atoms with van der Waals surface area (Å²) in [5, 5.41) is 0. The van der Waals surface area contributed by atoms with Crippen molar-refractivity contribution in [1.29, 1.82) is 0 Å². The van der Waals surface area contributed by atoms with E-state index in [9.17, 15) is 0 Å². The molecule has 1 fully saturated rings. The quantitative estimate of drug-likeness (QED) is 0.610. The Morgan fingerprint density at radius 3 is 2.38 bits per heavy atom. The number of benzene rings is 1. The van der Waals surface area contributed by atoms with Gasteiger partial charge in [-0.2, -0.15) is 0 Å². The van der Waals surface area contributed by atoms with Crippen LogP contribution in [0, 0.1) is 11.3 Å². The van der Waals surface area contributed by atoms with Crippen LogP contribution in [0.3, 0.4) is 0 Å². The van der Waals surface area contributed by atoms with E-state index in [1.807, 2.05) is 0 Å². The van der Waals surface area contributed by atoms with Crippen molar-refractivity contribution < 1.29 is 4.74 Å². The van der Waals surface area contributed by atoms with Crippen LogP contribution in [0.2, 0.25) is 0 Å². The van der Waals surface area contributed by atoms with Crippen LogP contribution in [-0.2, 0) is 0 Å². The molecule has 0 spiro atoms. The minimum atomic E-state index is 0.251. The van der Waals surface area contributed by atoms with Gasteiger partial charge in [0.15, 0.2) is 0 Å². The molecule has 0 radical (unpaired) electrons. The molecule has 3 N–H and O–H groups in total. The number of hydrogen-bond acceptors (Lipinski definition) is 3. The molecule has 1 aromatic rings. The second kappa shape index (κ2) is 7.28. The van der Waals surface area contributed by atoms with E-state index in [2.05, 4.69) is 50.5 Å². The Morgan fingerprint density at radius 2 is 1.86 bits per heavy atom. The fourth-order valence-electron chi connectivity index (χ4n) is 3.25. The number of ether oxygens (including phenoxy) is 1. The maximum Gasteiger partial charge on any atom is 0.119 e. The molecular weight excluding hydrogens is 260 g/mol. The summed E-state index contributed by atoms with van der Waals surface area (Å²) in [5.41, 5.74) is 4.80. The van der Waals surface area contributed by atoms with Crippen LogP contribution in [0.5, 0.6) is 5.75 Å². The highest BCUT2D eigenvalue weighted by Crippen LogP contribution is 2.42. The van der Waals surface area contributed by atoms with Gasteiger partial charge in [-0.25, -0.2) is 0 Å². The summed E-state index contributed by atoms with van der Waals surface area (Å²) in [6.07, 6.45) is 6.10. The van der Waals surface area contributed by atoms with Gasteiger partial charge in [0.2, 0.25) is 0 Å². The lowest BCUT2D eigenvalue weighted by atomic mass is 9.70. The average molecular weight is 290 g/mol. The highest BCUT2D eigenvalue weighted by Gasteiger charge is 2.31. The van der Waals surface area contributed by atoms with Gasteiger partial charge in [-0.1, -0.05) is 32.9 Å². The van der Waals surface area contributed by atoms with Crippen molar-refractivity contribution in [2.75, 3.05) is 6.61 Å². The van der Waals surface area contributed by atoms with Gasteiger partial charge in [0.05, 0.1) is 6.61 Å². The van der Waals surface area contributed by atoms with E-state index >= 15 is 0 Å². The van der Waals surface area contributed by atoms with E-state index in [1.54, 1.807) is 0 Å². The summed E-state index contributed by atoms with van der Waals surface area (Å²) in [4.78, 5) is 0. The Balaban J connectivity index is 2.00. The van der Waals surface area contributed by atoms with E-state index < -0.39 is 0 Å². The summed E-state index contributed by atoms with van der Waals surface area (Å²) >= 11 is 0. The molecule has 0 bridgehead atoms. The summed E-state index contributed by atoms with van der Waals surface area (Å²) in [5.74, 6) is 7.42. The third-order valence-electron chi connectivity index (χ3n) is 4.75. The van der Waals surface area contributed by atoms with Gasteiger partial charge in [-0.05, 0) is 61.1 Å². The van der Waals surface area contributed by atoms with Crippen LogP contribution in [0.1, 0.15) is 64.5 Å². The largest absolute Gasteiger partial charge is 0.494 e. The molecule has 0 heterocycles. The monoisotopic (exact) mass is 290 g/mol. The number of nitrogens with one attached hydrogen (secondary N) is 1. The summed E-state index contributed by atoms with van der Waals surface area (Å²) in [6.45, 7) is 7.63. The van der Waals surface area contributed by atoms with Crippen LogP contribution in [0.4, 0.5) is 0 Å². The second-order valence-electron chi connectivity index (χ2n) is 7.06. The highest BCUT2D eigenvalue weighted by atomic mass is 16.5. The van der Waals surface area contributed by atoms with Crippen molar-refractivity contribution in [3.05, 3.63) is 29.8 Å². The Labute approximate surface area is 129 Å². The van der Waals surface area contributed by atoms with Crippen LogP contribution < -0.4 is 16.0 Å². The summed E-state index contributed by atoms with van der Waals surface area (Å²) < 4.78 is 5.64. The number of hydrogen-bond donors (Lipinski definition) is 2. The minimum Gasteiger partial charge on any atom is -0.494 e. The van der Waals surface area contributed by atoms with Gasteiger partial charge in [-0.15, -0.1) is 0 Å². The van der Waals surface area contributed by atoms with Gasteiger partial charge < -0.3 is 4.74 Å². The SMILES string of the molecule is CCCOc1ccc(C(NN)C2CCC(C)(C)CC2)cc1. The molecule has 3 heteroatoms. The molecule has 3 nitrogen and oxygen atoms in total. The third-order valence-corrected chi connectivity index (χ3v) is 4.75. The molecule has 118 valence electrons. The lowest BCUT2D eigenvalue weighted by molar-refractivity contribution is 0.161. The molecule has 1 aromatic carbocycles. The topological polar surface area (TPSA) is 47.3 Å². The third kappa shape index (κ3) is 4.45. The van der Waals surface area contributed by atoms with Crippen molar-refractivity contribution in [2.45, 2.75) is 58.9 Å². The lowest BCUT2D eigenvalue weighted by Gasteiger charge is -2.38. The highest BCUT2D eigenvalue weighted by molar-refractivity contribution is 5.29. The maximum atomic E-state index is 5.84. The smallest absolute Gasteiger partial charge is 0.119 e. The molecular formula is C18H30N2O. The molecule has 1 atom stereocenters. The fraction of sp³-hybridized carbons (Fsp3) is 0.667. The summed E-state index contributed by atoms with van der Waals surface area (Å²) in [6, 6.07) is 8.66. The molecule has 21 heavy (non-hydrogen) atoms. The van der Waals surface area contributed by atoms with Crippen LogP contribution in [0.15, 0.2) is 24.3 Å². The second-order valence-corrected chi connectivity index (χ2v) is 7.06. The fourth-order valence-corrected chi connectivity index (χ4v) is 3.25. The Hall–Kier alpha value is -1.06. The predicted octanol–water partition coefficient (Wildman–Crippen LogP) is 4.20. The van der Waals surface area contributed by atoms with Gasteiger partial charge in [0.25, 0.3) is 0 Å². The van der Waals surface area contributed by atoms with Gasteiger partial charge in [0, 0.05) is 6.04 Å². The molecule has 0 amide bonds. The Kier molecular flexibility index (Phi) is 5.65. The number of hydrazine groups is 1. The van der Waals surface area contributed by atoms with Crippen LogP contribution in [-0.4, -0.2) is 6.61 Å². The van der Waals surface area contributed by atoms with Crippen LogP contribution >= 0.6 is 0 Å². The lowest BCUT2D eigenvalue weighted by Crippen LogP contribution is -2.36. The molecule has 2 rings (SSSR count). The Morgan fingerprint density at radius 1 is 1.24 bits per heavy atom. The van der Waals surface area contributed by atoms with E-state index in [4.69, 9.17) is 10.6 Å². The van der Waals surface area contributed by atoms with E-state index in [0.29, 0.717) is 11.3 Å². The van der Waals surface area contributed by atoms with Gasteiger partial charge >= 0.3 is 0 Å². The van der Waals surface area contributed by atoms with E-state index in [0.717, 1.165) is 18.8 Å². The molecule has 1 aliphatic rings. The van der Waals surface area contributed by atoms with Crippen LogP contribution in [0.25, 0.3) is 0 Å². The van der Waals surface area contributed by atoms with E-state index in [1.165, 1.54) is 31.2 Å². The molecule has 0 saturated heterocycles. The van der Waals surface area contributed by atoms with E-state index in [-0.39, 0.29) is 6.04 Å². The van der Waals surface area contributed by atoms with Crippen molar-refractivity contribution in [2.24, 2.45) is 17.2 Å². The normalized spacial score (nSPS) is 20.2. The molecule has 0 aliphatic heterocycles. The average Bonchev–Trinajstić information content (AvgIpc) is 2.48. The first-order valence-electron chi connectivity index (χ1n) is 8.24. The summed E-state index contributed by atoms with van der Waals surface area (Å²) in [7, 11) is 0. The Bertz CT molecular complexity index is 417.